The van der Waals surface area contributed by atoms with Gasteiger partial charge < -0.3 is 4.42 Å². The van der Waals surface area contributed by atoms with Crippen molar-refractivity contribution in [2.45, 2.75) is 43.5 Å². The summed E-state index contributed by atoms with van der Waals surface area (Å²) in [7, 11) is -3.75. The zero-order valence-electron chi connectivity index (χ0n) is 16.4. The molecule has 1 aromatic heterocycles. The van der Waals surface area contributed by atoms with Gasteiger partial charge in [-0.25, -0.2) is 13.4 Å². The van der Waals surface area contributed by atoms with Crippen LogP contribution in [0, 0.1) is 0 Å². The fourth-order valence-electron chi connectivity index (χ4n) is 3.74. The van der Waals surface area contributed by atoms with Crippen LogP contribution in [0.15, 0.2) is 63.9 Å². The molecule has 2 aromatic carbocycles. The minimum absolute atomic E-state index is 0.118. The number of hydrogen-bond donors (Lipinski definition) is 0. The van der Waals surface area contributed by atoms with E-state index in [9.17, 15) is 8.42 Å². The number of hydrogen-bond acceptors (Lipinski definition) is 4. The Morgan fingerprint density at radius 2 is 1.79 bits per heavy atom. The first-order chi connectivity index (χ1) is 13.9. The van der Waals surface area contributed by atoms with Crippen LogP contribution in [0.1, 0.15) is 50.3 Å². The molecular formula is C22H23ClN2O3S. The van der Waals surface area contributed by atoms with E-state index in [4.69, 9.17) is 21.0 Å². The smallest absolute Gasteiger partial charge is 0.245 e. The summed E-state index contributed by atoms with van der Waals surface area (Å²) < 4.78 is 34.2. The van der Waals surface area contributed by atoms with Gasteiger partial charge in [-0.1, -0.05) is 67.9 Å². The molecule has 5 nitrogen and oxygen atoms in total. The lowest BCUT2D eigenvalue weighted by Crippen LogP contribution is -2.31. The van der Waals surface area contributed by atoms with Crippen molar-refractivity contribution in [3.05, 3.63) is 71.3 Å². The van der Waals surface area contributed by atoms with Crippen molar-refractivity contribution in [1.29, 1.82) is 0 Å². The molecule has 0 aliphatic carbocycles. The zero-order valence-corrected chi connectivity index (χ0v) is 17.9. The maximum Gasteiger partial charge on any atom is 0.245 e. The molecule has 2 heterocycles. The van der Waals surface area contributed by atoms with Crippen LogP contribution >= 0.6 is 11.6 Å². The largest absolute Gasteiger partial charge is 0.443 e. The number of halogens is 1. The van der Waals surface area contributed by atoms with Crippen molar-refractivity contribution in [1.82, 2.24) is 9.29 Å². The normalized spacial score (nSPS) is 17.9. The van der Waals surface area contributed by atoms with Crippen LogP contribution in [-0.4, -0.2) is 24.3 Å². The molecule has 1 atom stereocenters. The molecule has 7 heteroatoms. The van der Waals surface area contributed by atoms with Crippen molar-refractivity contribution >= 4 is 21.6 Å². The van der Waals surface area contributed by atoms with Gasteiger partial charge in [0.2, 0.25) is 15.9 Å². The molecule has 0 amide bonds. The first-order valence-corrected chi connectivity index (χ1v) is 11.5. The van der Waals surface area contributed by atoms with E-state index in [1.165, 1.54) is 10.4 Å². The monoisotopic (exact) mass is 430 g/mol. The zero-order chi connectivity index (χ0) is 20.6. The second-order valence-corrected chi connectivity index (χ2v) is 9.76. The van der Waals surface area contributed by atoms with Crippen LogP contribution in [0.2, 0.25) is 5.02 Å². The van der Waals surface area contributed by atoms with Gasteiger partial charge in [-0.2, -0.15) is 4.31 Å². The van der Waals surface area contributed by atoms with E-state index in [0.29, 0.717) is 18.9 Å². The highest BCUT2D eigenvalue weighted by molar-refractivity contribution is 7.89. The van der Waals surface area contributed by atoms with Gasteiger partial charge in [0, 0.05) is 18.0 Å². The van der Waals surface area contributed by atoms with Gasteiger partial charge in [0.25, 0.3) is 0 Å². The van der Waals surface area contributed by atoms with Gasteiger partial charge in [0.1, 0.15) is 22.4 Å². The van der Waals surface area contributed by atoms with Crippen molar-refractivity contribution < 1.29 is 12.8 Å². The lowest BCUT2D eigenvalue weighted by Gasteiger charge is -2.22. The Morgan fingerprint density at radius 1 is 1.10 bits per heavy atom. The van der Waals surface area contributed by atoms with Gasteiger partial charge in [-0.05, 0) is 25.0 Å². The molecule has 0 saturated carbocycles. The summed E-state index contributed by atoms with van der Waals surface area (Å²) >= 11 is 6.19. The quantitative estimate of drug-likeness (QED) is 0.525. The maximum absolute atomic E-state index is 13.3. The molecule has 1 aliphatic rings. The van der Waals surface area contributed by atoms with Crippen molar-refractivity contribution in [2.75, 3.05) is 6.54 Å². The second-order valence-electron chi connectivity index (χ2n) is 7.49. The Labute approximate surface area is 176 Å². The van der Waals surface area contributed by atoms with Crippen molar-refractivity contribution in [3.8, 4) is 11.3 Å². The summed E-state index contributed by atoms with van der Waals surface area (Å²) in [4.78, 5) is 4.88. The Morgan fingerprint density at radius 3 is 2.48 bits per heavy atom. The van der Waals surface area contributed by atoms with Gasteiger partial charge in [0.15, 0.2) is 0 Å². The molecule has 29 heavy (non-hydrogen) atoms. The lowest BCUT2D eigenvalue weighted by molar-refractivity contribution is 0.317. The Bertz CT molecular complexity index is 1110. The number of rotatable bonds is 5. The SMILES string of the molecule is CC(C)c1oc([C@@H]2CCCN2S(=O)(=O)c2ccccc2Cl)nc1-c1ccccc1. The summed E-state index contributed by atoms with van der Waals surface area (Å²) in [5.74, 6) is 1.34. The van der Waals surface area contributed by atoms with Gasteiger partial charge in [0.05, 0.1) is 5.02 Å². The molecule has 0 unspecified atom stereocenters. The molecule has 0 bridgehead atoms. The average Bonchev–Trinajstić information content (AvgIpc) is 3.36. The topological polar surface area (TPSA) is 63.4 Å². The highest BCUT2D eigenvalue weighted by atomic mass is 35.5. The molecule has 1 saturated heterocycles. The Kier molecular flexibility index (Phi) is 5.51. The van der Waals surface area contributed by atoms with E-state index in [2.05, 4.69) is 0 Å². The van der Waals surface area contributed by atoms with E-state index in [0.717, 1.165) is 23.4 Å². The molecule has 1 fully saturated rings. The summed E-state index contributed by atoms with van der Waals surface area (Å²) in [6.45, 7) is 4.51. The third-order valence-electron chi connectivity index (χ3n) is 5.15. The predicted octanol–water partition coefficient (Wildman–Crippen LogP) is 5.64. The fourth-order valence-corrected chi connectivity index (χ4v) is 5.89. The van der Waals surface area contributed by atoms with Gasteiger partial charge >= 0.3 is 0 Å². The number of sulfonamides is 1. The third-order valence-corrected chi connectivity index (χ3v) is 7.56. The van der Waals surface area contributed by atoms with E-state index in [1.807, 2.05) is 44.2 Å². The third kappa shape index (κ3) is 3.72. The molecule has 152 valence electrons. The molecule has 0 radical (unpaired) electrons. The minimum atomic E-state index is -3.75. The van der Waals surface area contributed by atoms with Crippen LogP contribution in [0.5, 0.6) is 0 Å². The predicted molar refractivity (Wildman–Crippen MR) is 113 cm³/mol. The summed E-state index contributed by atoms with van der Waals surface area (Å²) in [6, 6.07) is 15.9. The van der Waals surface area contributed by atoms with Crippen LogP contribution in [-0.2, 0) is 10.0 Å². The highest BCUT2D eigenvalue weighted by Crippen LogP contribution is 2.40. The van der Waals surface area contributed by atoms with Crippen LogP contribution in [0.4, 0.5) is 0 Å². The first-order valence-electron chi connectivity index (χ1n) is 9.72. The first kappa shape index (κ1) is 20.1. The fraction of sp³-hybridized carbons (Fsp3) is 0.318. The standard InChI is InChI=1S/C22H23ClN2O3S/c1-15(2)21-20(16-9-4-3-5-10-16)24-22(28-21)18-12-8-14-25(18)29(26,27)19-13-7-6-11-17(19)23/h3-7,9-11,13,15,18H,8,12,14H2,1-2H3/t18-/m0/s1. The highest BCUT2D eigenvalue weighted by Gasteiger charge is 2.40. The van der Waals surface area contributed by atoms with Crippen LogP contribution in [0.3, 0.4) is 0 Å². The molecule has 0 N–H and O–H groups in total. The van der Waals surface area contributed by atoms with E-state index in [1.54, 1.807) is 18.2 Å². The lowest BCUT2D eigenvalue weighted by atomic mass is 10.0. The minimum Gasteiger partial charge on any atom is -0.443 e. The Hall–Kier alpha value is -2.15. The van der Waals surface area contributed by atoms with E-state index in [-0.39, 0.29) is 15.8 Å². The average molecular weight is 431 g/mol. The van der Waals surface area contributed by atoms with Gasteiger partial charge in [-0.15, -0.1) is 0 Å². The number of oxazole rings is 1. The Balaban J connectivity index is 1.76. The van der Waals surface area contributed by atoms with E-state index < -0.39 is 16.1 Å². The summed E-state index contributed by atoms with van der Waals surface area (Å²) in [5, 5.41) is 0.221. The molecule has 3 aromatic rings. The summed E-state index contributed by atoms with van der Waals surface area (Å²) in [6.07, 6.45) is 1.41. The van der Waals surface area contributed by atoms with Crippen LogP contribution in [0.25, 0.3) is 11.3 Å². The molecule has 4 rings (SSSR count). The van der Waals surface area contributed by atoms with Crippen LogP contribution < -0.4 is 0 Å². The number of aromatic nitrogens is 1. The second kappa shape index (κ2) is 7.94. The maximum atomic E-state index is 13.3. The van der Waals surface area contributed by atoms with Gasteiger partial charge in [-0.3, -0.25) is 0 Å². The van der Waals surface area contributed by atoms with E-state index >= 15 is 0 Å². The molecule has 1 aliphatic heterocycles. The van der Waals surface area contributed by atoms with Crippen molar-refractivity contribution in [3.63, 3.8) is 0 Å². The summed E-state index contributed by atoms with van der Waals surface area (Å²) in [5.41, 5.74) is 1.74. The number of benzene rings is 2. The molecular weight excluding hydrogens is 408 g/mol. The van der Waals surface area contributed by atoms with Crippen molar-refractivity contribution in [2.24, 2.45) is 0 Å². The molecule has 0 spiro atoms. The number of nitrogens with zero attached hydrogens (tertiary/aromatic N) is 2.